The maximum atomic E-state index is 12.2. The Labute approximate surface area is 239 Å². The summed E-state index contributed by atoms with van der Waals surface area (Å²) >= 11 is 0. The number of carboxylic acids is 1. The van der Waals surface area contributed by atoms with Crippen molar-refractivity contribution in [1.29, 1.82) is 0 Å². The Bertz CT molecular complexity index is 1250. The maximum absolute atomic E-state index is 12.2. The third kappa shape index (κ3) is 11.4. The summed E-state index contributed by atoms with van der Waals surface area (Å²) in [5, 5.41) is 14.2. The molecule has 0 spiro atoms. The topological polar surface area (TPSA) is 95.6 Å². The van der Waals surface area contributed by atoms with E-state index in [-0.39, 0.29) is 5.78 Å². The number of benzene rings is 3. The molecule has 212 valence electrons. The summed E-state index contributed by atoms with van der Waals surface area (Å²) in [6.07, 6.45) is 5.06. The lowest BCUT2D eigenvalue weighted by atomic mass is 9.96. The van der Waals surface area contributed by atoms with Crippen LogP contribution in [0.5, 0.6) is 0 Å². The fourth-order valence-electron chi connectivity index (χ4n) is 4.02. The number of rotatable bonds is 11. The van der Waals surface area contributed by atoms with Gasteiger partial charge in [-0.3, -0.25) is 9.79 Å². The number of unbranched alkanes of at least 4 members (excludes halogenated alkanes) is 1. The molecule has 0 amide bonds. The summed E-state index contributed by atoms with van der Waals surface area (Å²) in [4.78, 5) is 31.1. The van der Waals surface area contributed by atoms with E-state index in [0.29, 0.717) is 22.6 Å². The molecule has 0 fully saturated rings. The molecule has 0 aliphatic carbocycles. The lowest BCUT2D eigenvalue weighted by Gasteiger charge is -2.13. The zero-order valence-corrected chi connectivity index (χ0v) is 24.4. The van der Waals surface area contributed by atoms with Gasteiger partial charge in [0.2, 0.25) is 0 Å². The number of aliphatic imine (C=N–C) groups is 1. The van der Waals surface area contributed by atoms with Gasteiger partial charge < -0.3 is 9.90 Å². The average Bonchev–Trinajstić information content (AvgIpc) is 2.97. The van der Waals surface area contributed by atoms with Crippen LogP contribution in [0, 0.1) is 5.92 Å². The third-order valence-electron chi connectivity index (χ3n) is 6.51. The van der Waals surface area contributed by atoms with Crippen molar-refractivity contribution in [2.75, 3.05) is 11.9 Å². The van der Waals surface area contributed by atoms with Gasteiger partial charge in [0.1, 0.15) is 0 Å². The Morgan fingerprint density at radius 2 is 1.52 bits per heavy atom. The molecular weight excluding hydrogens is 498 g/mol. The van der Waals surface area contributed by atoms with Crippen LogP contribution in [0.15, 0.2) is 89.9 Å². The number of hydrogen-bond donors (Lipinski definition) is 2. The first-order valence-corrected chi connectivity index (χ1v) is 14.1. The standard InChI is InChI=1S/C18H29N3.C16H14O3/c1-5-7-11-16(6-2)14-19-18(20-15(3)4)21-17-12-9-8-10-13-17;1-11(16(18)19)13-8-5-9-14(10-13)15(17)12-6-3-2-4-7-12/h8-10,12-13,16H,5-7,11,14H2,1-4H3,(H,19,21);2-11H,1H3,(H,18,19). The second-order valence-corrected chi connectivity index (χ2v) is 10.1. The van der Waals surface area contributed by atoms with Gasteiger partial charge in [-0.1, -0.05) is 112 Å². The fraction of sp³-hybridized carbons (Fsp3) is 0.353. The number of anilines is 1. The zero-order chi connectivity index (χ0) is 29.3. The molecule has 3 aromatic carbocycles. The Morgan fingerprint density at radius 1 is 0.900 bits per heavy atom. The molecule has 0 bridgehead atoms. The Morgan fingerprint density at radius 3 is 2.10 bits per heavy atom. The van der Waals surface area contributed by atoms with E-state index < -0.39 is 11.9 Å². The minimum absolute atomic E-state index is 0.118. The molecule has 0 aromatic heterocycles. The van der Waals surface area contributed by atoms with Crippen LogP contribution in [-0.4, -0.2) is 30.0 Å². The summed E-state index contributed by atoms with van der Waals surface area (Å²) in [5.41, 5.74) is 3.74. The molecule has 6 nitrogen and oxygen atoms in total. The van der Waals surface area contributed by atoms with E-state index in [2.05, 4.69) is 41.3 Å². The number of carboxylic acid groups (broad SMARTS) is 1. The first-order chi connectivity index (χ1) is 19.2. The van der Waals surface area contributed by atoms with E-state index in [9.17, 15) is 14.7 Å². The smallest absolute Gasteiger partial charge is 0.389 e. The van der Waals surface area contributed by atoms with Gasteiger partial charge in [-0.25, -0.2) is 5.32 Å². The van der Waals surface area contributed by atoms with Crippen LogP contribution in [0.4, 0.5) is 5.69 Å². The van der Waals surface area contributed by atoms with Crippen LogP contribution in [0.2, 0.25) is 0 Å². The molecule has 40 heavy (non-hydrogen) atoms. The summed E-state index contributed by atoms with van der Waals surface area (Å²) < 4.78 is 0. The van der Waals surface area contributed by atoms with Crippen LogP contribution in [0.1, 0.15) is 87.7 Å². The van der Waals surface area contributed by atoms with Crippen LogP contribution in [-0.2, 0) is 4.79 Å². The van der Waals surface area contributed by atoms with E-state index in [1.807, 2.05) is 38.1 Å². The van der Waals surface area contributed by atoms with Crippen LogP contribution in [0.25, 0.3) is 0 Å². The molecule has 3 aromatic rings. The van der Waals surface area contributed by atoms with Crippen molar-refractivity contribution in [2.24, 2.45) is 10.9 Å². The second kappa shape index (κ2) is 17.5. The number of ketones is 1. The highest BCUT2D eigenvalue weighted by Gasteiger charge is 2.13. The van der Waals surface area contributed by atoms with Gasteiger partial charge in [-0.15, -0.1) is 0 Å². The number of guanidine groups is 1. The minimum atomic E-state index is -1.15. The van der Waals surface area contributed by atoms with Gasteiger partial charge in [0, 0.05) is 23.0 Å². The molecule has 3 rings (SSSR count). The van der Waals surface area contributed by atoms with E-state index >= 15 is 0 Å². The largest absolute Gasteiger partial charge is 0.550 e. The van der Waals surface area contributed by atoms with Crippen molar-refractivity contribution in [2.45, 2.75) is 66.2 Å². The van der Waals surface area contributed by atoms with Gasteiger partial charge >= 0.3 is 5.96 Å². The second-order valence-electron chi connectivity index (χ2n) is 10.1. The highest BCUT2D eigenvalue weighted by atomic mass is 16.4. The summed E-state index contributed by atoms with van der Waals surface area (Å²) in [6, 6.07) is 25.7. The van der Waals surface area contributed by atoms with Crippen molar-refractivity contribution in [3.63, 3.8) is 0 Å². The van der Waals surface area contributed by atoms with Crippen molar-refractivity contribution in [3.05, 3.63) is 102 Å². The monoisotopic (exact) mass is 541 g/mol. The molecule has 0 heterocycles. The third-order valence-corrected chi connectivity index (χ3v) is 6.51. The van der Waals surface area contributed by atoms with E-state index in [4.69, 9.17) is 0 Å². The van der Waals surface area contributed by atoms with E-state index in [1.165, 1.54) is 25.7 Å². The molecule has 2 atom stereocenters. The fourth-order valence-corrected chi connectivity index (χ4v) is 4.02. The van der Waals surface area contributed by atoms with Crippen molar-refractivity contribution in [1.82, 2.24) is 0 Å². The quantitative estimate of drug-likeness (QED) is 0.203. The summed E-state index contributed by atoms with van der Waals surface area (Å²) in [6.45, 7) is 11.1. The van der Waals surface area contributed by atoms with Crippen LogP contribution >= 0.6 is 0 Å². The minimum Gasteiger partial charge on any atom is -0.550 e. The predicted octanol–water partition coefficient (Wildman–Crippen LogP) is 5.00. The molecule has 2 N–H and O–H groups in total. The predicted molar refractivity (Wildman–Crippen MR) is 163 cm³/mol. The highest BCUT2D eigenvalue weighted by molar-refractivity contribution is 6.09. The molecular formula is C34H43N3O3. The number of aliphatic carboxylic acids is 1. The first kappa shape index (κ1) is 32.2. The highest BCUT2D eigenvalue weighted by Crippen LogP contribution is 2.18. The van der Waals surface area contributed by atoms with E-state index in [1.54, 1.807) is 55.5 Å². The molecule has 0 aliphatic heterocycles. The van der Waals surface area contributed by atoms with Gasteiger partial charge in [-0.2, -0.15) is 0 Å². The van der Waals surface area contributed by atoms with Crippen LogP contribution < -0.4 is 15.4 Å². The number of para-hydroxylation sites is 1. The SMILES string of the molecule is CC(C(=O)[O-])c1cccc(C(=O)c2ccccc2)c1.CCCCC(CC)C[NH+]=C(N=C(C)C)Nc1ccccc1. The number of carbonyl (C=O) groups excluding carboxylic acids is 2. The van der Waals surface area contributed by atoms with Crippen molar-refractivity contribution < 1.29 is 19.7 Å². The average molecular weight is 542 g/mol. The lowest BCUT2D eigenvalue weighted by Crippen LogP contribution is -2.76. The molecule has 0 saturated heterocycles. The first-order valence-electron chi connectivity index (χ1n) is 14.1. The summed E-state index contributed by atoms with van der Waals surface area (Å²) in [7, 11) is 0. The molecule has 0 radical (unpaired) electrons. The maximum Gasteiger partial charge on any atom is 0.389 e. The molecule has 6 heteroatoms. The Kier molecular flexibility index (Phi) is 14.1. The van der Waals surface area contributed by atoms with Crippen molar-refractivity contribution in [3.8, 4) is 0 Å². The van der Waals surface area contributed by atoms with Gasteiger partial charge in [0.25, 0.3) is 0 Å². The van der Waals surface area contributed by atoms with E-state index in [0.717, 1.165) is 23.9 Å². The Balaban J connectivity index is 0.000000281. The number of hydrogen-bond acceptors (Lipinski definition) is 3. The normalized spacial score (nSPS) is 12.4. The number of carbonyl (C=O) groups is 2. The summed E-state index contributed by atoms with van der Waals surface area (Å²) in [5.74, 6) is -0.443. The van der Waals surface area contributed by atoms with Gasteiger partial charge in [0.05, 0.1) is 17.9 Å². The van der Waals surface area contributed by atoms with Crippen LogP contribution in [0.3, 0.4) is 0 Å². The number of nitrogens with zero attached hydrogens (tertiary/aromatic N) is 1. The molecule has 0 aliphatic rings. The lowest BCUT2D eigenvalue weighted by molar-refractivity contribution is -0.467. The Hall–Kier alpha value is -4.06. The molecule has 2 unspecified atom stereocenters. The van der Waals surface area contributed by atoms with Gasteiger partial charge in [-0.05, 0) is 49.9 Å². The molecule has 0 saturated carbocycles. The zero-order valence-electron chi connectivity index (χ0n) is 24.4. The number of nitrogens with one attached hydrogen (secondary N) is 2. The van der Waals surface area contributed by atoms with Crippen molar-refractivity contribution >= 4 is 29.1 Å². The van der Waals surface area contributed by atoms with Gasteiger partial charge in [0.15, 0.2) is 5.78 Å².